The van der Waals surface area contributed by atoms with E-state index in [1.807, 2.05) is 6.92 Å². The average molecular weight is 375 g/mol. The molecule has 3 aliphatic heterocycles. The number of ether oxygens (including phenoxy) is 1. The predicted octanol–water partition coefficient (Wildman–Crippen LogP) is 1.56. The molecular weight excluding hydrogens is 354 g/mol. The van der Waals surface area contributed by atoms with Crippen molar-refractivity contribution in [3.63, 3.8) is 0 Å². The molecule has 26 heavy (non-hydrogen) atoms. The van der Waals surface area contributed by atoms with E-state index in [0.717, 1.165) is 36.9 Å². The zero-order valence-corrected chi connectivity index (χ0v) is 15.6. The fourth-order valence-corrected chi connectivity index (χ4v) is 5.48. The van der Waals surface area contributed by atoms with Gasteiger partial charge in [0.2, 0.25) is 5.13 Å². The van der Waals surface area contributed by atoms with E-state index in [4.69, 9.17) is 9.26 Å². The third-order valence-corrected chi connectivity index (χ3v) is 6.80. The van der Waals surface area contributed by atoms with Gasteiger partial charge in [-0.05, 0) is 26.7 Å². The van der Waals surface area contributed by atoms with E-state index < -0.39 is 0 Å². The first-order valence-corrected chi connectivity index (χ1v) is 9.76. The van der Waals surface area contributed by atoms with Gasteiger partial charge < -0.3 is 19.5 Å². The summed E-state index contributed by atoms with van der Waals surface area (Å²) in [5.74, 6) is 1.99. The Balaban J connectivity index is 1.29. The number of rotatable bonds is 4. The highest BCUT2D eigenvalue weighted by molar-refractivity contribution is 7.09. The molecule has 1 N–H and O–H groups in total. The number of amides is 1. The molecule has 0 aromatic carbocycles. The summed E-state index contributed by atoms with van der Waals surface area (Å²) in [5.41, 5.74) is 0.239. The Hall–Kier alpha value is -2.00. The maximum atomic E-state index is 12.3. The minimum absolute atomic E-state index is 0.0931. The first-order chi connectivity index (χ1) is 12.5. The van der Waals surface area contributed by atoms with Crippen LogP contribution in [-0.4, -0.2) is 51.8 Å². The SMILES string of the molecule is Cc1nsc(N2C[C@@H]3[C@H](CNC(=O)c4cc(C)on4)[C@H]4CC[C@]3(C2)O4)n1. The summed E-state index contributed by atoms with van der Waals surface area (Å²) >= 11 is 1.45. The van der Waals surface area contributed by atoms with Gasteiger partial charge in [0, 0.05) is 49.1 Å². The van der Waals surface area contributed by atoms with E-state index in [2.05, 4.69) is 24.7 Å². The summed E-state index contributed by atoms with van der Waals surface area (Å²) in [6.07, 6.45) is 2.38. The van der Waals surface area contributed by atoms with Crippen molar-refractivity contribution >= 4 is 22.6 Å². The summed E-state index contributed by atoms with van der Waals surface area (Å²) in [4.78, 5) is 19.1. The molecule has 0 radical (unpaired) electrons. The van der Waals surface area contributed by atoms with Crippen molar-refractivity contribution in [2.75, 3.05) is 24.5 Å². The zero-order chi connectivity index (χ0) is 17.9. The molecule has 9 heteroatoms. The second-order valence-electron chi connectivity index (χ2n) is 7.57. The van der Waals surface area contributed by atoms with Crippen LogP contribution in [0.4, 0.5) is 5.13 Å². The lowest BCUT2D eigenvalue weighted by molar-refractivity contribution is 0.0141. The molecule has 1 spiro atoms. The number of anilines is 1. The number of nitrogens with one attached hydrogen (secondary N) is 1. The minimum atomic E-state index is -0.187. The quantitative estimate of drug-likeness (QED) is 0.867. The first-order valence-electron chi connectivity index (χ1n) is 8.99. The normalized spacial score (nSPS) is 32.2. The maximum absolute atomic E-state index is 12.3. The molecule has 0 unspecified atom stereocenters. The van der Waals surface area contributed by atoms with Gasteiger partial charge in [0.1, 0.15) is 11.6 Å². The molecule has 3 aliphatic rings. The Bertz CT molecular complexity index is 851. The lowest BCUT2D eigenvalue weighted by atomic mass is 9.73. The number of carbonyl (C=O) groups excluding carboxylic acids is 1. The van der Waals surface area contributed by atoms with Crippen LogP contribution in [0, 0.1) is 25.7 Å². The number of hydrogen-bond acceptors (Lipinski definition) is 8. The molecule has 0 aliphatic carbocycles. The summed E-state index contributed by atoms with van der Waals surface area (Å²) in [7, 11) is 0. The van der Waals surface area contributed by atoms with Gasteiger partial charge in [-0.1, -0.05) is 5.16 Å². The van der Waals surface area contributed by atoms with Gasteiger partial charge in [0.25, 0.3) is 5.91 Å². The van der Waals surface area contributed by atoms with Gasteiger partial charge in [-0.15, -0.1) is 0 Å². The molecule has 5 rings (SSSR count). The van der Waals surface area contributed by atoms with Gasteiger partial charge >= 0.3 is 0 Å². The van der Waals surface area contributed by atoms with Crippen LogP contribution in [0.25, 0.3) is 0 Å². The number of hydrogen-bond donors (Lipinski definition) is 1. The largest absolute Gasteiger partial charge is 0.369 e. The van der Waals surface area contributed by atoms with Crippen LogP contribution in [0.5, 0.6) is 0 Å². The fourth-order valence-electron chi connectivity index (χ4n) is 4.80. The molecule has 2 bridgehead atoms. The highest BCUT2D eigenvalue weighted by Crippen LogP contribution is 2.55. The molecule has 138 valence electrons. The fraction of sp³-hybridized carbons (Fsp3) is 0.647. The van der Waals surface area contributed by atoms with Crippen LogP contribution in [0.2, 0.25) is 0 Å². The van der Waals surface area contributed by atoms with E-state index in [1.165, 1.54) is 11.5 Å². The number of aryl methyl sites for hydroxylation is 2. The molecule has 0 saturated carbocycles. The van der Waals surface area contributed by atoms with Gasteiger partial charge in [0.15, 0.2) is 5.69 Å². The molecule has 5 heterocycles. The van der Waals surface area contributed by atoms with Gasteiger partial charge in [-0.25, -0.2) is 4.98 Å². The van der Waals surface area contributed by atoms with Crippen LogP contribution in [0.1, 0.15) is 34.9 Å². The number of aromatic nitrogens is 3. The average Bonchev–Trinajstić information content (AvgIpc) is 3.38. The standard InChI is InChI=1S/C17H21N5O3S/c1-9-5-13(20-25-9)15(23)18-6-11-12-7-22(16-19-10(2)21-26-16)8-17(12)4-3-14(11)24-17/h5,11-12,14H,3-4,6-8H2,1-2H3,(H,18,23)/t11-,12+,14+,17+/m0/s1. The summed E-state index contributed by atoms with van der Waals surface area (Å²) in [6, 6.07) is 1.66. The molecule has 4 atom stereocenters. The van der Waals surface area contributed by atoms with Gasteiger partial charge in [-0.2, -0.15) is 4.37 Å². The molecule has 1 amide bonds. The number of nitrogens with zero attached hydrogens (tertiary/aromatic N) is 4. The predicted molar refractivity (Wildman–Crippen MR) is 94.3 cm³/mol. The number of fused-ring (bicyclic) bond motifs is 1. The van der Waals surface area contributed by atoms with Crippen LogP contribution in [0.3, 0.4) is 0 Å². The van der Waals surface area contributed by atoms with Crippen molar-refractivity contribution in [3.05, 3.63) is 23.3 Å². The Morgan fingerprint density at radius 1 is 1.50 bits per heavy atom. The summed E-state index contributed by atoms with van der Waals surface area (Å²) in [5, 5.41) is 7.78. The van der Waals surface area contributed by atoms with Crippen molar-refractivity contribution in [2.24, 2.45) is 11.8 Å². The van der Waals surface area contributed by atoms with Crippen LogP contribution in [-0.2, 0) is 4.74 Å². The smallest absolute Gasteiger partial charge is 0.273 e. The van der Waals surface area contributed by atoms with Crippen molar-refractivity contribution in [3.8, 4) is 0 Å². The second kappa shape index (κ2) is 5.75. The Morgan fingerprint density at radius 2 is 2.38 bits per heavy atom. The Labute approximate surface area is 155 Å². The summed E-state index contributed by atoms with van der Waals surface area (Å²) < 4.78 is 15.7. The Kier molecular flexibility index (Phi) is 3.58. The zero-order valence-electron chi connectivity index (χ0n) is 14.8. The molecule has 3 saturated heterocycles. The van der Waals surface area contributed by atoms with Crippen molar-refractivity contribution in [1.82, 2.24) is 19.8 Å². The van der Waals surface area contributed by atoms with Crippen LogP contribution >= 0.6 is 11.5 Å². The van der Waals surface area contributed by atoms with E-state index >= 15 is 0 Å². The van der Waals surface area contributed by atoms with Gasteiger partial charge in [-0.3, -0.25) is 4.79 Å². The summed E-state index contributed by atoms with van der Waals surface area (Å²) in [6.45, 7) is 6.08. The highest BCUT2D eigenvalue weighted by atomic mass is 32.1. The highest BCUT2D eigenvalue weighted by Gasteiger charge is 2.63. The first kappa shape index (κ1) is 16.2. The van der Waals surface area contributed by atoms with E-state index in [1.54, 1.807) is 13.0 Å². The topological polar surface area (TPSA) is 93.4 Å². The lowest BCUT2D eigenvalue weighted by Gasteiger charge is -2.29. The number of carbonyl (C=O) groups is 1. The maximum Gasteiger partial charge on any atom is 0.273 e. The van der Waals surface area contributed by atoms with E-state index in [0.29, 0.717) is 29.8 Å². The van der Waals surface area contributed by atoms with Crippen molar-refractivity contribution < 1.29 is 14.1 Å². The molecule has 2 aromatic heterocycles. The second-order valence-corrected chi connectivity index (χ2v) is 8.30. The third kappa shape index (κ3) is 2.44. The molecule has 3 fully saturated rings. The monoisotopic (exact) mass is 375 g/mol. The van der Waals surface area contributed by atoms with Crippen LogP contribution in [0.15, 0.2) is 10.6 Å². The van der Waals surface area contributed by atoms with Crippen molar-refractivity contribution in [1.29, 1.82) is 0 Å². The molecule has 2 aromatic rings. The molecular formula is C17H21N5O3S. The van der Waals surface area contributed by atoms with E-state index in [9.17, 15) is 4.79 Å². The molecule has 8 nitrogen and oxygen atoms in total. The Morgan fingerprint density at radius 3 is 3.12 bits per heavy atom. The van der Waals surface area contributed by atoms with Crippen molar-refractivity contribution in [2.45, 2.75) is 38.4 Å². The van der Waals surface area contributed by atoms with Crippen LogP contribution < -0.4 is 10.2 Å². The van der Waals surface area contributed by atoms with Gasteiger partial charge in [0.05, 0.1) is 11.7 Å². The minimum Gasteiger partial charge on any atom is -0.369 e. The van der Waals surface area contributed by atoms with E-state index in [-0.39, 0.29) is 17.6 Å². The lowest BCUT2D eigenvalue weighted by Crippen LogP contribution is -2.42. The third-order valence-electron chi connectivity index (χ3n) is 5.93.